The molecule has 8 heteroatoms. The molecule has 0 aliphatic carbocycles. The SMILES string of the molecule is NCc1nc(C(=O)N2CCSCC2C(=O)O)cs1. The largest absolute Gasteiger partial charge is 0.480 e. The van der Waals surface area contributed by atoms with Gasteiger partial charge in [0.25, 0.3) is 5.91 Å². The molecule has 2 rings (SSSR count). The summed E-state index contributed by atoms with van der Waals surface area (Å²) in [5, 5.41) is 11.4. The van der Waals surface area contributed by atoms with Crippen LogP contribution >= 0.6 is 23.1 Å². The van der Waals surface area contributed by atoms with E-state index in [4.69, 9.17) is 10.8 Å². The number of thiazole rings is 1. The van der Waals surface area contributed by atoms with Crippen LogP contribution in [0.4, 0.5) is 0 Å². The van der Waals surface area contributed by atoms with Gasteiger partial charge in [0.2, 0.25) is 0 Å². The summed E-state index contributed by atoms with van der Waals surface area (Å²) in [5.74, 6) is -0.110. The summed E-state index contributed by atoms with van der Waals surface area (Å²) < 4.78 is 0. The number of carboxylic acids is 1. The van der Waals surface area contributed by atoms with Crippen molar-refractivity contribution in [1.82, 2.24) is 9.88 Å². The fourth-order valence-corrected chi connectivity index (χ4v) is 3.39. The van der Waals surface area contributed by atoms with Crippen LogP contribution in [0.25, 0.3) is 0 Å². The van der Waals surface area contributed by atoms with Crippen LogP contribution in [-0.4, -0.2) is 51.0 Å². The summed E-state index contributed by atoms with van der Waals surface area (Å²) in [4.78, 5) is 28.8. The lowest BCUT2D eigenvalue weighted by atomic mass is 10.2. The van der Waals surface area contributed by atoms with Gasteiger partial charge < -0.3 is 15.7 Å². The van der Waals surface area contributed by atoms with E-state index in [9.17, 15) is 9.59 Å². The number of carbonyl (C=O) groups is 2. The molecule has 0 aromatic carbocycles. The number of amides is 1. The van der Waals surface area contributed by atoms with Crippen molar-refractivity contribution in [2.24, 2.45) is 5.73 Å². The topological polar surface area (TPSA) is 96.5 Å². The molecule has 1 aliphatic rings. The number of hydrogen-bond donors (Lipinski definition) is 2. The van der Waals surface area contributed by atoms with Crippen molar-refractivity contribution < 1.29 is 14.7 Å². The van der Waals surface area contributed by atoms with E-state index in [0.717, 1.165) is 5.75 Å². The van der Waals surface area contributed by atoms with Crippen LogP contribution in [-0.2, 0) is 11.3 Å². The molecule has 2 heterocycles. The molecule has 1 saturated heterocycles. The molecular weight excluding hydrogens is 274 g/mol. The summed E-state index contributed by atoms with van der Waals surface area (Å²) in [6.45, 7) is 0.728. The van der Waals surface area contributed by atoms with E-state index >= 15 is 0 Å². The first-order valence-corrected chi connectivity index (χ1v) is 7.43. The van der Waals surface area contributed by atoms with Crippen molar-refractivity contribution in [3.63, 3.8) is 0 Å². The quantitative estimate of drug-likeness (QED) is 0.827. The van der Waals surface area contributed by atoms with Crippen molar-refractivity contribution in [2.75, 3.05) is 18.1 Å². The highest BCUT2D eigenvalue weighted by atomic mass is 32.2. The molecule has 1 fully saturated rings. The van der Waals surface area contributed by atoms with E-state index in [1.54, 1.807) is 17.1 Å². The summed E-state index contributed by atoms with van der Waals surface area (Å²) in [5.41, 5.74) is 5.73. The number of aromatic nitrogens is 1. The van der Waals surface area contributed by atoms with Crippen LogP contribution in [0.5, 0.6) is 0 Å². The molecule has 0 saturated carbocycles. The van der Waals surface area contributed by atoms with Gasteiger partial charge in [-0.25, -0.2) is 9.78 Å². The molecule has 1 unspecified atom stereocenters. The molecule has 6 nitrogen and oxygen atoms in total. The predicted octanol–water partition coefficient (Wildman–Crippen LogP) is 0.244. The summed E-state index contributed by atoms with van der Waals surface area (Å²) in [6, 6.07) is -0.765. The Kier molecular flexibility index (Phi) is 4.20. The number of carboxylic acid groups (broad SMARTS) is 1. The van der Waals surface area contributed by atoms with Crippen LogP contribution in [0.1, 0.15) is 15.5 Å². The third-order valence-electron chi connectivity index (χ3n) is 2.62. The van der Waals surface area contributed by atoms with E-state index in [-0.39, 0.29) is 12.5 Å². The Labute approximate surface area is 112 Å². The van der Waals surface area contributed by atoms with Crippen molar-refractivity contribution in [3.05, 3.63) is 16.1 Å². The molecule has 1 atom stereocenters. The zero-order valence-electron chi connectivity index (χ0n) is 9.54. The molecular formula is C10H13N3O3S2. The molecule has 0 bridgehead atoms. The third kappa shape index (κ3) is 2.65. The van der Waals surface area contributed by atoms with Gasteiger partial charge in [0.05, 0.1) is 0 Å². The molecule has 1 aromatic heterocycles. The third-order valence-corrected chi connectivity index (χ3v) is 4.51. The van der Waals surface area contributed by atoms with Gasteiger partial charge in [0, 0.05) is 30.0 Å². The maximum absolute atomic E-state index is 12.2. The highest BCUT2D eigenvalue weighted by molar-refractivity contribution is 7.99. The van der Waals surface area contributed by atoms with Gasteiger partial charge in [-0.05, 0) is 0 Å². The van der Waals surface area contributed by atoms with Crippen LogP contribution in [0.3, 0.4) is 0 Å². The Balaban J connectivity index is 2.17. The summed E-state index contributed by atoms with van der Waals surface area (Å²) in [6.07, 6.45) is 0. The van der Waals surface area contributed by atoms with Crippen LogP contribution in [0, 0.1) is 0 Å². The minimum absolute atomic E-state index is 0.288. The average molecular weight is 287 g/mol. The first-order valence-electron chi connectivity index (χ1n) is 5.39. The van der Waals surface area contributed by atoms with Gasteiger partial charge in [-0.2, -0.15) is 11.8 Å². The van der Waals surface area contributed by atoms with Gasteiger partial charge in [-0.15, -0.1) is 11.3 Å². The van der Waals surface area contributed by atoms with Crippen molar-refractivity contribution >= 4 is 35.0 Å². The molecule has 1 aromatic rings. The highest BCUT2D eigenvalue weighted by Gasteiger charge is 2.33. The number of hydrogen-bond acceptors (Lipinski definition) is 6. The first-order chi connectivity index (χ1) is 8.63. The molecule has 3 N–H and O–H groups in total. The average Bonchev–Trinajstić information content (AvgIpc) is 2.86. The molecule has 0 radical (unpaired) electrons. The van der Waals surface area contributed by atoms with Gasteiger partial charge in [-0.1, -0.05) is 0 Å². The van der Waals surface area contributed by atoms with Crippen molar-refractivity contribution in [3.8, 4) is 0 Å². The Morgan fingerprint density at radius 2 is 2.39 bits per heavy atom. The zero-order chi connectivity index (χ0) is 13.1. The maximum atomic E-state index is 12.2. The Hall–Kier alpha value is -1.12. The molecule has 18 heavy (non-hydrogen) atoms. The number of nitrogens with two attached hydrogens (primary N) is 1. The monoisotopic (exact) mass is 287 g/mol. The second kappa shape index (κ2) is 5.68. The first kappa shape index (κ1) is 13.3. The van der Waals surface area contributed by atoms with Gasteiger partial charge in [0.1, 0.15) is 16.7 Å². The van der Waals surface area contributed by atoms with E-state index < -0.39 is 12.0 Å². The summed E-state index contributed by atoms with van der Waals surface area (Å²) >= 11 is 2.86. The summed E-state index contributed by atoms with van der Waals surface area (Å²) in [7, 11) is 0. The van der Waals surface area contributed by atoms with Crippen molar-refractivity contribution in [2.45, 2.75) is 12.6 Å². The molecule has 98 valence electrons. The molecule has 0 spiro atoms. The lowest BCUT2D eigenvalue weighted by molar-refractivity contribution is -0.141. The van der Waals surface area contributed by atoms with Gasteiger partial charge in [-0.3, -0.25) is 4.79 Å². The van der Waals surface area contributed by atoms with E-state index in [2.05, 4.69) is 4.98 Å². The Morgan fingerprint density at radius 3 is 3.00 bits per heavy atom. The zero-order valence-corrected chi connectivity index (χ0v) is 11.2. The number of aliphatic carboxylic acids is 1. The number of carbonyl (C=O) groups excluding carboxylic acids is 1. The van der Waals surface area contributed by atoms with Crippen LogP contribution < -0.4 is 5.73 Å². The Bertz CT molecular complexity index is 463. The predicted molar refractivity (Wildman–Crippen MR) is 69.8 cm³/mol. The Morgan fingerprint density at radius 1 is 1.61 bits per heavy atom. The molecule has 1 aliphatic heterocycles. The fraction of sp³-hybridized carbons (Fsp3) is 0.500. The number of thioether (sulfide) groups is 1. The lowest BCUT2D eigenvalue weighted by Gasteiger charge is -2.32. The van der Waals surface area contributed by atoms with Gasteiger partial charge in [0.15, 0.2) is 0 Å². The molecule has 1 amide bonds. The number of rotatable bonds is 3. The number of nitrogens with zero attached hydrogens (tertiary/aromatic N) is 2. The second-order valence-electron chi connectivity index (χ2n) is 3.76. The van der Waals surface area contributed by atoms with Crippen LogP contribution in [0.15, 0.2) is 5.38 Å². The maximum Gasteiger partial charge on any atom is 0.327 e. The van der Waals surface area contributed by atoms with E-state index in [1.165, 1.54) is 16.2 Å². The van der Waals surface area contributed by atoms with Crippen molar-refractivity contribution in [1.29, 1.82) is 0 Å². The minimum atomic E-state index is -0.968. The fourth-order valence-electron chi connectivity index (χ4n) is 1.70. The highest BCUT2D eigenvalue weighted by Crippen LogP contribution is 2.20. The van der Waals surface area contributed by atoms with E-state index in [0.29, 0.717) is 23.0 Å². The minimum Gasteiger partial charge on any atom is -0.480 e. The second-order valence-corrected chi connectivity index (χ2v) is 5.85. The van der Waals surface area contributed by atoms with E-state index in [1.807, 2.05) is 0 Å². The standard InChI is InChI=1S/C10H13N3O3S2/c11-3-8-12-6(4-18-8)9(14)13-1-2-17-5-7(13)10(15)16/h4,7H,1-3,5,11H2,(H,15,16). The van der Waals surface area contributed by atoms with Gasteiger partial charge >= 0.3 is 5.97 Å². The van der Waals surface area contributed by atoms with Crippen LogP contribution in [0.2, 0.25) is 0 Å². The smallest absolute Gasteiger partial charge is 0.327 e. The lowest BCUT2D eigenvalue weighted by Crippen LogP contribution is -2.50. The normalized spacial score (nSPS) is 19.8.